The minimum Gasteiger partial charge on any atom is -0.432 e. The molecule has 1 saturated carbocycles. The number of rotatable bonds is 7. The highest BCUT2D eigenvalue weighted by atomic mass is 16.7. The Labute approximate surface area is 205 Å². The number of carbonyl (C=O) groups excluding carboxylic acids is 3. The first kappa shape index (κ1) is 23.2. The van der Waals surface area contributed by atoms with Gasteiger partial charge in [-0.1, -0.05) is 91.0 Å². The summed E-state index contributed by atoms with van der Waals surface area (Å²) in [7, 11) is 0. The summed E-state index contributed by atoms with van der Waals surface area (Å²) in [5, 5.41) is 0. The number of hydrogen-bond acceptors (Lipinski definition) is 5. The summed E-state index contributed by atoms with van der Waals surface area (Å²) < 4.78 is 12.8. The number of benzene rings is 3. The molecule has 2 aliphatic rings. The van der Waals surface area contributed by atoms with Gasteiger partial charge in [-0.15, -0.1) is 0 Å². The lowest BCUT2D eigenvalue weighted by atomic mass is 9.68. The molecular weight excluding hydrogens is 440 g/mol. The van der Waals surface area contributed by atoms with E-state index in [1.54, 1.807) is 12.1 Å². The summed E-state index contributed by atoms with van der Waals surface area (Å²) in [6, 6.07) is 28.6. The van der Waals surface area contributed by atoms with E-state index in [2.05, 4.69) is 0 Å². The molecule has 1 aliphatic heterocycles. The van der Waals surface area contributed by atoms with Gasteiger partial charge in [-0.2, -0.15) is 0 Å². The third-order valence-electron chi connectivity index (χ3n) is 7.50. The third-order valence-corrected chi connectivity index (χ3v) is 7.50. The molecule has 0 N–H and O–H groups in total. The molecule has 5 nitrogen and oxygen atoms in total. The van der Waals surface area contributed by atoms with Crippen molar-refractivity contribution in [1.29, 1.82) is 0 Å². The van der Waals surface area contributed by atoms with Crippen molar-refractivity contribution in [3.05, 3.63) is 108 Å². The fourth-order valence-corrected chi connectivity index (χ4v) is 5.91. The maximum absolute atomic E-state index is 13.7. The highest BCUT2D eigenvalue weighted by molar-refractivity contribution is 5.97. The van der Waals surface area contributed by atoms with Crippen LogP contribution in [0.3, 0.4) is 0 Å². The van der Waals surface area contributed by atoms with Crippen LogP contribution >= 0.6 is 0 Å². The Bertz CT molecular complexity index is 1200. The summed E-state index contributed by atoms with van der Waals surface area (Å²) in [5.74, 6) is -2.00. The van der Waals surface area contributed by atoms with E-state index in [1.807, 2.05) is 78.9 Å². The number of esters is 1. The van der Waals surface area contributed by atoms with Crippen LogP contribution in [0.15, 0.2) is 91.0 Å². The number of hydrogen-bond donors (Lipinski definition) is 0. The number of fused-ring (bicyclic) bond motifs is 1. The van der Waals surface area contributed by atoms with Crippen molar-refractivity contribution in [2.75, 3.05) is 0 Å². The number of carbonyl (C=O) groups is 3. The van der Waals surface area contributed by atoms with Gasteiger partial charge in [0.05, 0.1) is 5.41 Å². The fourth-order valence-electron chi connectivity index (χ4n) is 5.91. The molecule has 0 radical (unpaired) electrons. The van der Waals surface area contributed by atoms with Crippen molar-refractivity contribution in [3.8, 4) is 0 Å². The molecular formula is C30H28O5. The maximum Gasteiger partial charge on any atom is 0.305 e. The lowest BCUT2D eigenvalue weighted by Gasteiger charge is -2.37. The third kappa shape index (κ3) is 3.80. The summed E-state index contributed by atoms with van der Waals surface area (Å²) in [5.41, 5.74) is 0.240. The molecule has 2 unspecified atom stereocenters. The maximum atomic E-state index is 13.7. The molecule has 0 amide bonds. The highest BCUT2D eigenvalue weighted by Crippen LogP contribution is 2.65. The predicted octanol–water partition coefficient (Wildman–Crippen LogP) is 5.62. The van der Waals surface area contributed by atoms with E-state index in [0.717, 1.165) is 11.1 Å². The Morgan fingerprint density at radius 2 is 1.40 bits per heavy atom. The molecule has 2 atom stereocenters. The van der Waals surface area contributed by atoms with Crippen molar-refractivity contribution in [1.82, 2.24) is 0 Å². The number of Topliss-reactive ketones (excluding diaryl/α,β-unsaturated/α-hetero) is 2. The first-order valence-corrected chi connectivity index (χ1v) is 12.0. The van der Waals surface area contributed by atoms with Crippen LogP contribution < -0.4 is 0 Å². The van der Waals surface area contributed by atoms with Gasteiger partial charge in [0.15, 0.2) is 5.78 Å². The molecule has 1 aliphatic carbocycles. The molecule has 3 aromatic carbocycles. The summed E-state index contributed by atoms with van der Waals surface area (Å²) in [6.45, 7) is 1.34. The van der Waals surface area contributed by atoms with E-state index in [-0.39, 0.29) is 37.2 Å². The minimum atomic E-state index is -1.43. The molecule has 1 saturated heterocycles. The van der Waals surface area contributed by atoms with E-state index in [9.17, 15) is 14.4 Å². The summed E-state index contributed by atoms with van der Waals surface area (Å²) in [4.78, 5) is 39.1. The van der Waals surface area contributed by atoms with Crippen LogP contribution in [0.4, 0.5) is 0 Å². The van der Waals surface area contributed by atoms with Crippen LogP contribution in [-0.2, 0) is 24.7 Å². The van der Waals surface area contributed by atoms with Gasteiger partial charge in [-0.25, -0.2) is 0 Å². The summed E-state index contributed by atoms with van der Waals surface area (Å²) in [6.07, 6.45) is 1.21. The van der Waals surface area contributed by atoms with E-state index in [4.69, 9.17) is 9.47 Å². The van der Waals surface area contributed by atoms with Crippen molar-refractivity contribution >= 4 is 17.5 Å². The first-order chi connectivity index (χ1) is 16.9. The van der Waals surface area contributed by atoms with Crippen LogP contribution in [0, 0.1) is 5.41 Å². The number of ketones is 2. The lowest BCUT2D eigenvalue weighted by Crippen LogP contribution is -2.47. The van der Waals surface area contributed by atoms with Crippen molar-refractivity contribution in [3.63, 3.8) is 0 Å². The predicted molar refractivity (Wildman–Crippen MR) is 131 cm³/mol. The Morgan fingerprint density at radius 3 is 1.94 bits per heavy atom. The van der Waals surface area contributed by atoms with Crippen LogP contribution in [0.5, 0.6) is 0 Å². The zero-order valence-corrected chi connectivity index (χ0v) is 19.7. The van der Waals surface area contributed by atoms with Crippen LogP contribution in [0.25, 0.3) is 0 Å². The lowest BCUT2D eigenvalue weighted by molar-refractivity contribution is -0.258. The topological polar surface area (TPSA) is 69.7 Å². The SMILES string of the molecule is CC(=O)OC12CCC(=O)C1(CCC(=O)c1ccccc1)CC(c1ccccc1)(c1ccccc1)O2. The average molecular weight is 469 g/mol. The Balaban J connectivity index is 1.62. The number of ether oxygens (including phenoxy) is 2. The average Bonchev–Trinajstić information content (AvgIpc) is 3.32. The van der Waals surface area contributed by atoms with Crippen molar-refractivity contribution in [2.45, 2.75) is 50.4 Å². The van der Waals surface area contributed by atoms with Gasteiger partial charge in [0.1, 0.15) is 11.4 Å². The molecule has 3 aromatic rings. The molecule has 35 heavy (non-hydrogen) atoms. The minimum absolute atomic E-state index is 0.0200. The zero-order valence-electron chi connectivity index (χ0n) is 19.7. The second kappa shape index (κ2) is 8.90. The molecule has 0 bridgehead atoms. The van der Waals surface area contributed by atoms with Gasteiger partial charge in [-0.05, 0) is 17.5 Å². The van der Waals surface area contributed by atoms with Gasteiger partial charge in [0.2, 0.25) is 5.79 Å². The first-order valence-electron chi connectivity index (χ1n) is 12.0. The molecule has 2 fully saturated rings. The Hall–Kier alpha value is -3.57. The highest BCUT2D eigenvalue weighted by Gasteiger charge is 2.73. The van der Waals surface area contributed by atoms with Gasteiger partial charge >= 0.3 is 5.97 Å². The standard InChI is InChI=1S/C30H28O5/c1-22(31)34-30-20-18-27(33)28(30,19-17-26(32)23-11-5-2-6-12-23)21-29(35-30,24-13-7-3-8-14-24)25-15-9-4-10-16-25/h2-16H,17-21H2,1H3. The van der Waals surface area contributed by atoms with Crippen LogP contribution in [0.2, 0.25) is 0 Å². The Morgan fingerprint density at radius 1 is 0.857 bits per heavy atom. The van der Waals surface area contributed by atoms with Gasteiger partial charge < -0.3 is 9.47 Å². The van der Waals surface area contributed by atoms with Gasteiger partial charge in [0, 0.05) is 38.2 Å². The monoisotopic (exact) mass is 468 g/mol. The quantitative estimate of drug-likeness (QED) is 0.332. The molecule has 1 heterocycles. The van der Waals surface area contributed by atoms with Crippen molar-refractivity contribution in [2.24, 2.45) is 5.41 Å². The molecule has 0 spiro atoms. The van der Waals surface area contributed by atoms with E-state index < -0.39 is 22.8 Å². The normalized spacial score (nSPS) is 24.7. The molecule has 178 valence electrons. The van der Waals surface area contributed by atoms with E-state index >= 15 is 0 Å². The summed E-state index contributed by atoms with van der Waals surface area (Å²) >= 11 is 0. The zero-order chi connectivity index (χ0) is 24.5. The Kier molecular flexibility index (Phi) is 5.89. The van der Waals surface area contributed by atoms with Gasteiger partial charge in [0.25, 0.3) is 0 Å². The molecule has 0 aromatic heterocycles. The van der Waals surface area contributed by atoms with E-state index in [1.165, 1.54) is 6.92 Å². The smallest absolute Gasteiger partial charge is 0.305 e. The van der Waals surface area contributed by atoms with E-state index in [0.29, 0.717) is 12.0 Å². The largest absolute Gasteiger partial charge is 0.432 e. The second-order valence-electron chi connectivity index (χ2n) is 9.48. The van der Waals surface area contributed by atoms with Crippen LogP contribution in [-0.4, -0.2) is 23.3 Å². The second-order valence-corrected chi connectivity index (χ2v) is 9.48. The van der Waals surface area contributed by atoms with Crippen molar-refractivity contribution < 1.29 is 23.9 Å². The molecule has 5 rings (SSSR count). The molecule has 5 heteroatoms. The van der Waals surface area contributed by atoms with Gasteiger partial charge in [-0.3, -0.25) is 14.4 Å². The van der Waals surface area contributed by atoms with Crippen LogP contribution in [0.1, 0.15) is 60.5 Å². The fraction of sp³-hybridized carbons (Fsp3) is 0.300.